The molecule has 9 rings (SSSR count). The van der Waals surface area contributed by atoms with E-state index in [4.69, 9.17) is 4.42 Å². The van der Waals surface area contributed by atoms with Crippen LogP contribution in [0.4, 0.5) is 17.3 Å². The lowest BCUT2D eigenvalue weighted by atomic mass is 10.0. The second-order valence-corrected chi connectivity index (χ2v) is 11.7. The summed E-state index contributed by atoms with van der Waals surface area (Å²) in [4.78, 5) is 29.5. The summed E-state index contributed by atoms with van der Waals surface area (Å²) in [5.74, 6) is 0.119. The van der Waals surface area contributed by atoms with Crippen LogP contribution < -0.4 is 4.90 Å². The maximum absolute atomic E-state index is 13.7. The molecular formula is C42H26N2O3. The maximum atomic E-state index is 13.7. The Morgan fingerprint density at radius 1 is 0.574 bits per heavy atom. The Labute approximate surface area is 270 Å². The van der Waals surface area contributed by atoms with Crippen LogP contribution in [0.25, 0.3) is 44.4 Å². The molecule has 5 nitrogen and oxygen atoms in total. The van der Waals surface area contributed by atoms with Gasteiger partial charge in [-0.3, -0.25) is 14.5 Å². The average Bonchev–Trinajstić information content (AvgIpc) is 3.74. The summed E-state index contributed by atoms with van der Waals surface area (Å²) in [6.45, 7) is 0. The van der Waals surface area contributed by atoms with E-state index in [0.717, 1.165) is 44.1 Å². The van der Waals surface area contributed by atoms with Crippen molar-refractivity contribution in [2.45, 2.75) is 0 Å². The van der Waals surface area contributed by atoms with E-state index >= 15 is 0 Å². The molecule has 2 heterocycles. The Hall–Kier alpha value is -6.46. The fraction of sp³-hybridized carbons (Fsp3) is 0. The fourth-order valence-electron chi connectivity index (χ4n) is 6.73. The standard InChI is InChI=1S/C42H26N2O3/c45-41-34-22-28-13-7-8-14-29(28)23-35(34)42(46)36(41)24-32-25-39-38(43(32)30-16-3-1-4-17-30)26-40(47-39)44(31-18-5-2-6-19-31)37-21-11-15-27-12-9-10-20-33(27)37/h1-26H. The third kappa shape index (κ3) is 4.32. The Bertz CT molecular complexity index is 2490. The van der Waals surface area contributed by atoms with Gasteiger partial charge in [0.2, 0.25) is 5.88 Å². The Morgan fingerprint density at radius 2 is 1.17 bits per heavy atom. The van der Waals surface area contributed by atoms with Gasteiger partial charge < -0.3 is 8.98 Å². The lowest BCUT2D eigenvalue weighted by Gasteiger charge is -2.24. The van der Waals surface area contributed by atoms with Crippen LogP contribution in [0.1, 0.15) is 26.4 Å². The van der Waals surface area contributed by atoms with Crippen molar-refractivity contribution >= 4 is 67.5 Å². The molecule has 0 atom stereocenters. The summed E-state index contributed by atoms with van der Waals surface area (Å²) in [6, 6.07) is 50.0. The number of aromatic nitrogens is 1. The second-order valence-electron chi connectivity index (χ2n) is 11.7. The largest absolute Gasteiger partial charge is 0.438 e. The van der Waals surface area contributed by atoms with Crippen LogP contribution in [0.15, 0.2) is 162 Å². The van der Waals surface area contributed by atoms with Gasteiger partial charge in [0.1, 0.15) is 0 Å². The SMILES string of the molecule is O=C1C(=Cc2cc3oc(N(c4ccccc4)c4cccc5ccccc45)cc3n2-c2ccccc2)C(=O)c2cc3ccccc3cc21. The number of rotatable bonds is 5. The molecule has 0 saturated carbocycles. The number of fused-ring (bicyclic) bond motifs is 4. The number of hydrogen-bond donors (Lipinski definition) is 0. The van der Waals surface area contributed by atoms with Crippen molar-refractivity contribution in [3.63, 3.8) is 0 Å². The molecule has 0 aliphatic heterocycles. The highest BCUT2D eigenvalue weighted by molar-refractivity contribution is 6.42. The van der Waals surface area contributed by atoms with Crippen molar-refractivity contribution in [2.24, 2.45) is 0 Å². The smallest absolute Gasteiger partial charge is 0.207 e. The summed E-state index contributed by atoms with van der Waals surface area (Å²) < 4.78 is 8.71. The molecule has 1 aliphatic carbocycles. The van der Waals surface area contributed by atoms with Gasteiger partial charge in [0, 0.05) is 40.0 Å². The Kier molecular flexibility index (Phi) is 6.05. The number of carbonyl (C=O) groups is 2. The number of carbonyl (C=O) groups excluding carboxylic acids is 2. The molecule has 1 aliphatic rings. The Morgan fingerprint density at radius 3 is 1.87 bits per heavy atom. The number of para-hydroxylation sites is 2. The lowest BCUT2D eigenvalue weighted by molar-refractivity contribution is 0.0990. The summed E-state index contributed by atoms with van der Waals surface area (Å²) in [7, 11) is 0. The van der Waals surface area contributed by atoms with E-state index in [1.807, 2.05) is 114 Å². The molecule has 0 amide bonds. The zero-order chi connectivity index (χ0) is 31.5. The summed E-state index contributed by atoms with van der Waals surface area (Å²) in [5.41, 5.74) is 6.01. The normalized spacial score (nSPS) is 12.7. The van der Waals surface area contributed by atoms with E-state index in [-0.39, 0.29) is 17.1 Å². The van der Waals surface area contributed by atoms with E-state index < -0.39 is 0 Å². The summed E-state index contributed by atoms with van der Waals surface area (Å²) in [5, 5.41) is 4.09. The van der Waals surface area contributed by atoms with Crippen molar-refractivity contribution < 1.29 is 14.0 Å². The summed E-state index contributed by atoms with van der Waals surface area (Å²) >= 11 is 0. The molecule has 222 valence electrons. The van der Waals surface area contributed by atoms with Gasteiger partial charge in [-0.15, -0.1) is 0 Å². The maximum Gasteiger partial charge on any atom is 0.207 e. The van der Waals surface area contributed by atoms with E-state index in [0.29, 0.717) is 28.3 Å². The first kappa shape index (κ1) is 26.9. The molecule has 2 aromatic heterocycles. The number of allylic oxidation sites excluding steroid dienone is 1. The van der Waals surface area contributed by atoms with Crippen LogP contribution in [0.5, 0.6) is 0 Å². The number of Topliss-reactive ketones (excluding diaryl/α,β-unsaturated/α-hetero) is 2. The minimum absolute atomic E-state index is 0.148. The quantitative estimate of drug-likeness (QED) is 0.144. The van der Waals surface area contributed by atoms with Gasteiger partial charge >= 0.3 is 0 Å². The van der Waals surface area contributed by atoms with Crippen LogP contribution in [0.2, 0.25) is 0 Å². The zero-order valence-electron chi connectivity index (χ0n) is 25.1. The number of nitrogens with zero attached hydrogens (tertiary/aromatic N) is 2. The highest BCUT2D eigenvalue weighted by Gasteiger charge is 2.34. The minimum Gasteiger partial charge on any atom is -0.438 e. The summed E-state index contributed by atoms with van der Waals surface area (Å²) in [6.07, 6.45) is 1.71. The predicted molar refractivity (Wildman–Crippen MR) is 188 cm³/mol. The van der Waals surface area contributed by atoms with Gasteiger partial charge in [0.25, 0.3) is 0 Å². The monoisotopic (exact) mass is 606 g/mol. The van der Waals surface area contributed by atoms with Crippen LogP contribution in [-0.4, -0.2) is 16.1 Å². The molecule has 0 radical (unpaired) electrons. The molecule has 0 saturated heterocycles. The van der Waals surface area contributed by atoms with Crippen LogP contribution in [0.3, 0.4) is 0 Å². The molecule has 6 aromatic carbocycles. The van der Waals surface area contributed by atoms with Crippen molar-refractivity contribution in [3.8, 4) is 5.69 Å². The first-order valence-corrected chi connectivity index (χ1v) is 15.5. The molecule has 0 unspecified atom stereocenters. The van der Waals surface area contributed by atoms with E-state index in [1.165, 1.54) is 0 Å². The molecule has 0 fully saturated rings. The average molecular weight is 607 g/mol. The molecule has 0 spiro atoms. The van der Waals surface area contributed by atoms with Gasteiger partial charge in [0.15, 0.2) is 17.1 Å². The van der Waals surface area contributed by atoms with Gasteiger partial charge in [-0.05, 0) is 64.7 Å². The molecule has 0 N–H and O–H groups in total. The molecular weight excluding hydrogens is 580 g/mol. The number of anilines is 3. The topological polar surface area (TPSA) is 55.5 Å². The lowest BCUT2D eigenvalue weighted by Crippen LogP contribution is -2.09. The van der Waals surface area contributed by atoms with E-state index in [2.05, 4.69) is 47.4 Å². The highest BCUT2D eigenvalue weighted by Crippen LogP contribution is 2.42. The van der Waals surface area contributed by atoms with Gasteiger partial charge in [-0.2, -0.15) is 0 Å². The van der Waals surface area contributed by atoms with Gasteiger partial charge in [0.05, 0.1) is 22.5 Å². The first-order valence-electron chi connectivity index (χ1n) is 15.5. The predicted octanol–water partition coefficient (Wildman–Crippen LogP) is 10.5. The number of hydrogen-bond acceptors (Lipinski definition) is 4. The van der Waals surface area contributed by atoms with Gasteiger partial charge in [-0.1, -0.05) is 97.1 Å². The van der Waals surface area contributed by atoms with Gasteiger partial charge in [-0.25, -0.2) is 0 Å². The van der Waals surface area contributed by atoms with Crippen molar-refractivity contribution in [2.75, 3.05) is 4.90 Å². The molecule has 5 heteroatoms. The van der Waals surface area contributed by atoms with E-state index in [1.54, 1.807) is 6.08 Å². The highest BCUT2D eigenvalue weighted by atomic mass is 16.4. The van der Waals surface area contributed by atoms with Crippen molar-refractivity contribution in [3.05, 3.63) is 174 Å². The van der Waals surface area contributed by atoms with Crippen LogP contribution in [-0.2, 0) is 0 Å². The fourth-order valence-corrected chi connectivity index (χ4v) is 6.73. The van der Waals surface area contributed by atoms with Crippen LogP contribution >= 0.6 is 0 Å². The minimum atomic E-state index is -0.264. The second kappa shape index (κ2) is 10.6. The number of furan rings is 1. The molecule has 47 heavy (non-hydrogen) atoms. The first-order chi connectivity index (χ1) is 23.1. The zero-order valence-corrected chi connectivity index (χ0v) is 25.1. The number of benzene rings is 6. The van der Waals surface area contributed by atoms with Crippen molar-refractivity contribution in [1.29, 1.82) is 0 Å². The van der Waals surface area contributed by atoms with Crippen LogP contribution in [0, 0.1) is 0 Å². The number of ketones is 2. The van der Waals surface area contributed by atoms with Crippen molar-refractivity contribution in [1.82, 2.24) is 4.57 Å². The Balaban J connectivity index is 1.23. The third-order valence-corrected chi connectivity index (χ3v) is 8.92. The molecule has 0 bridgehead atoms. The molecule has 8 aromatic rings. The third-order valence-electron chi connectivity index (χ3n) is 8.92. The van der Waals surface area contributed by atoms with E-state index in [9.17, 15) is 9.59 Å².